The second-order valence-electron chi connectivity index (χ2n) is 3.73. The van der Waals surface area contributed by atoms with Crippen LogP contribution >= 0.6 is 0 Å². The molecule has 0 bridgehead atoms. The fourth-order valence-corrected chi connectivity index (χ4v) is 1.17. The highest BCUT2D eigenvalue weighted by Gasteiger charge is 2.65. The van der Waals surface area contributed by atoms with Crippen molar-refractivity contribution in [1.82, 2.24) is 0 Å². The van der Waals surface area contributed by atoms with E-state index in [2.05, 4.69) is 11.3 Å². The minimum absolute atomic E-state index is 0.0543. The molecule has 0 aromatic carbocycles. The first-order valence-corrected chi connectivity index (χ1v) is 5.44. The van der Waals surface area contributed by atoms with Gasteiger partial charge >= 0.3 is 18.0 Å². The molecule has 0 spiro atoms. The minimum atomic E-state index is -5.19. The van der Waals surface area contributed by atoms with Crippen LogP contribution in [-0.2, 0) is 9.53 Å². The lowest BCUT2D eigenvalue weighted by molar-refractivity contribution is -0.344. The zero-order valence-corrected chi connectivity index (χ0v) is 9.90. The van der Waals surface area contributed by atoms with Crippen LogP contribution in [0.4, 0.5) is 22.0 Å². The summed E-state index contributed by atoms with van der Waals surface area (Å²) < 4.78 is 68.3. The molecule has 0 heterocycles. The quantitative estimate of drug-likeness (QED) is 0.291. The Morgan fingerprint density at radius 2 is 1.89 bits per heavy atom. The Balaban J connectivity index is 4.65. The molecule has 0 aliphatic carbocycles. The van der Waals surface area contributed by atoms with E-state index in [-0.39, 0.29) is 6.42 Å². The topological polar surface area (TPSA) is 26.3 Å². The Morgan fingerprint density at radius 3 is 2.33 bits per heavy atom. The van der Waals surface area contributed by atoms with Gasteiger partial charge in [0, 0.05) is 6.08 Å². The van der Waals surface area contributed by atoms with E-state index < -0.39 is 30.6 Å². The van der Waals surface area contributed by atoms with Crippen molar-refractivity contribution in [3.8, 4) is 0 Å². The minimum Gasteiger partial charge on any atom is -0.393 e. The van der Waals surface area contributed by atoms with Crippen molar-refractivity contribution >= 4 is 5.97 Å². The third-order valence-corrected chi connectivity index (χ3v) is 2.24. The Bertz CT molecular complexity index is 291. The lowest BCUT2D eigenvalue weighted by atomic mass is 10.1. The van der Waals surface area contributed by atoms with E-state index in [0.29, 0.717) is 18.9 Å². The van der Waals surface area contributed by atoms with Crippen molar-refractivity contribution in [1.29, 1.82) is 0 Å². The largest absolute Gasteiger partial charge is 0.469 e. The average Bonchev–Trinajstić information content (AvgIpc) is 2.28. The Kier molecular flexibility index (Phi) is 6.28. The van der Waals surface area contributed by atoms with Crippen molar-refractivity contribution in [3.63, 3.8) is 0 Å². The van der Waals surface area contributed by atoms with Gasteiger partial charge in [0.2, 0.25) is 0 Å². The second kappa shape index (κ2) is 6.70. The number of carbonyl (C=O) groups excluding carboxylic acids is 1. The number of ether oxygens (including phenoxy) is 1. The van der Waals surface area contributed by atoms with E-state index in [4.69, 9.17) is 0 Å². The molecule has 0 saturated heterocycles. The first-order valence-electron chi connectivity index (χ1n) is 5.44. The number of hydrogen-bond donors (Lipinski definition) is 0. The van der Waals surface area contributed by atoms with Gasteiger partial charge in [-0.1, -0.05) is 32.8 Å². The van der Waals surface area contributed by atoms with Crippen molar-refractivity contribution < 1.29 is 31.5 Å². The van der Waals surface area contributed by atoms with Gasteiger partial charge in [0.25, 0.3) is 0 Å². The van der Waals surface area contributed by atoms with Gasteiger partial charge in [-0.3, -0.25) is 0 Å². The molecule has 0 fully saturated rings. The van der Waals surface area contributed by atoms with Crippen LogP contribution in [0.15, 0.2) is 12.7 Å². The predicted molar refractivity (Wildman–Crippen MR) is 55.2 cm³/mol. The van der Waals surface area contributed by atoms with Gasteiger partial charge in [0.1, 0.15) is 0 Å². The van der Waals surface area contributed by atoms with Gasteiger partial charge in [0.05, 0.1) is 0 Å². The van der Waals surface area contributed by atoms with Crippen molar-refractivity contribution in [2.75, 3.05) is 0 Å². The van der Waals surface area contributed by atoms with E-state index in [1.807, 2.05) is 0 Å². The van der Waals surface area contributed by atoms with Crippen LogP contribution in [0.25, 0.3) is 0 Å². The van der Waals surface area contributed by atoms with Crippen LogP contribution in [0, 0.1) is 0 Å². The Labute approximate surface area is 102 Å². The summed E-state index contributed by atoms with van der Waals surface area (Å²) in [5, 5.41) is 0. The molecule has 7 heteroatoms. The number of halogens is 5. The maximum Gasteiger partial charge on any atom is 0.469 e. The molecule has 0 amide bonds. The lowest BCUT2D eigenvalue weighted by Crippen LogP contribution is -2.50. The van der Waals surface area contributed by atoms with Gasteiger partial charge in [0.15, 0.2) is 6.17 Å². The predicted octanol–water partition coefficient (Wildman–Crippen LogP) is 3.86. The zero-order valence-electron chi connectivity index (χ0n) is 9.90. The molecule has 0 aromatic rings. The molecule has 0 saturated carbocycles. The molecular weight excluding hydrogens is 259 g/mol. The highest BCUT2D eigenvalue weighted by Crippen LogP contribution is 2.41. The Hall–Kier alpha value is -1.14. The average molecular weight is 274 g/mol. The third kappa shape index (κ3) is 4.27. The first kappa shape index (κ1) is 16.9. The lowest BCUT2D eigenvalue weighted by Gasteiger charge is -2.27. The van der Waals surface area contributed by atoms with E-state index in [0.717, 1.165) is 0 Å². The van der Waals surface area contributed by atoms with Crippen LogP contribution in [0.5, 0.6) is 0 Å². The molecule has 0 aliphatic rings. The molecular formula is C11H15F5O2. The van der Waals surface area contributed by atoms with Crippen molar-refractivity contribution in [3.05, 3.63) is 12.7 Å². The van der Waals surface area contributed by atoms with Gasteiger partial charge in [-0.05, 0) is 6.42 Å². The number of carbonyl (C=O) groups is 1. The summed E-state index contributed by atoms with van der Waals surface area (Å²) in [6.07, 6.45) is -7.54. The van der Waals surface area contributed by atoms with Crippen LogP contribution in [0.3, 0.4) is 0 Å². The van der Waals surface area contributed by atoms with E-state index in [1.54, 1.807) is 6.92 Å². The summed E-state index contributed by atoms with van der Waals surface area (Å²) in [6, 6.07) is 0. The number of rotatable bonds is 8. The number of unbranched alkanes of at least 4 members (excludes halogenated alkanes) is 2. The molecule has 1 atom stereocenters. The van der Waals surface area contributed by atoms with Crippen LogP contribution in [-0.4, -0.2) is 24.2 Å². The standard InChI is InChI=1S/C11H15F5O2/c1-3-5-6-7-8(12)10(13,14)11(15,16)18-9(17)4-2/h4,8H,2-3,5-7H2,1H3. The number of alkyl halides is 5. The normalized spacial score (nSPS) is 14.1. The van der Waals surface area contributed by atoms with Gasteiger partial charge in [-0.2, -0.15) is 17.6 Å². The SMILES string of the molecule is C=CC(=O)OC(F)(F)C(F)(F)C(F)CCCCC. The number of hydrogen-bond acceptors (Lipinski definition) is 2. The molecule has 106 valence electrons. The summed E-state index contributed by atoms with van der Waals surface area (Å²) in [7, 11) is 0. The summed E-state index contributed by atoms with van der Waals surface area (Å²) in [5.74, 6) is -6.79. The number of esters is 1. The molecule has 1 unspecified atom stereocenters. The molecule has 0 aliphatic heterocycles. The van der Waals surface area contributed by atoms with E-state index in [9.17, 15) is 26.7 Å². The molecule has 0 aromatic heterocycles. The van der Waals surface area contributed by atoms with Crippen LogP contribution < -0.4 is 0 Å². The highest BCUT2D eigenvalue weighted by atomic mass is 19.3. The van der Waals surface area contributed by atoms with E-state index >= 15 is 0 Å². The zero-order chi connectivity index (χ0) is 14.4. The van der Waals surface area contributed by atoms with Crippen molar-refractivity contribution in [2.45, 2.75) is 50.8 Å². The third-order valence-electron chi connectivity index (χ3n) is 2.24. The van der Waals surface area contributed by atoms with E-state index in [1.165, 1.54) is 0 Å². The van der Waals surface area contributed by atoms with Gasteiger partial charge in [-0.15, -0.1) is 0 Å². The van der Waals surface area contributed by atoms with Gasteiger partial charge in [-0.25, -0.2) is 9.18 Å². The second-order valence-corrected chi connectivity index (χ2v) is 3.73. The maximum atomic E-state index is 13.1. The molecule has 0 radical (unpaired) electrons. The summed E-state index contributed by atoms with van der Waals surface area (Å²) in [4.78, 5) is 10.5. The molecule has 18 heavy (non-hydrogen) atoms. The molecule has 0 N–H and O–H groups in total. The summed E-state index contributed by atoms with van der Waals surface area (Å²) in [6.45, 7) is 4.54. The van der Waals surface area contributed by atoms with Gasteiger partial charge < -0.3 is 4.74 Å². The first-order chi connectivity index (χ1) is 8.19. The smallest absolute Gasteiger partial charge is 0.393 e. The van der Waals surface area contributed by atoms with Crippen LogP contribution in [0.1, 0.15) is 32.6 Å². The molecule has 0 rings (SSSR count). The maximum absolute atomic E-state index is 13.1. The van der Waals surface area contributed by atoms with Crippen LogP contribution in [0.2, 0.25) is 0 Å². The molecule has 2 nitrogen and oxygen atoms in total. The fraction of sp³-hybridized carbons (Fsp3) is 0.727. The summed E-state index contributed by atoms with van der Waals surface area (Å²) in [5.41, 5.74) is 0. The van der Waals surface area contributed by atoms with Crippen molar-refractivity contribution in [2.24, 2.45) is 0 Å². The monoisotopic (exact) mass is 274 g/mol. The summed E-state index contributed by atoms with van der Waals surface area (Å²) >= 11 is 0. The highest BCUT2D eigenvalue weighted by molar-refractivity contribution is 5.81. The Morgan fingerprint density at radius 1 is 1.33 bits per heavy atom. The fourth-order valence-electron chi connectivity index (χ4n) is 1.17.